The van der Waals surface area contributed by atoms with Crippen LogP contribution in [0.25, 0.3) is 0 Å². The minimum absolute atomic E-state index is 0.0673. The molecular weight excluding hydrogens is 382 g/mol. The maximum atomic E-state index is 11.8. The summed E-state index contributed by atoms with van der Waals surface area (Å²) in [7, 11) is 0. The molecule has 0 fully saturated rings. The van der Waals surface area contributed by atoms with Crippen LogP contribution in [0, 0.1) is 17.2 Å². The van der Waals surface area contributed by atoms with E-state index in [-0.39, 0.29) is 23.7 Å². The van der Waals surface area contributed by atoms with Gasteiger partial charge in [-0.05, 0) is 52.4 Å². The molecule has 0 aromatic carbocycles. The van der Waals surface area contributed by atoms with Crippen LogP contribution in [0.5, 0.6) is 0 Å². The van der Waals surface area contributed by atoms with E-state index in [0.29, 0.717) is 44.5 Å². The van der Waals surface area contributed by atoms with Crippen LogP contribution < -0.4 is 0 Å². The minimum atomic E-state index is -0.487. The van der Waals surface area contributed by atoms with Gasteiger partial charge in [-0.2, -0.15) is 0 Å². The van der Waals surface area contributed by atoms with Crippen LogP contribution in [-0.2, 0) is 23.7 Å². The van der Waals surface area contributed by atoms with Crippen molar-refractivity contribution in [3.8, 4) is 0 Å². The van der Waals surface area contributed by atoms with Gasteiger partial charge in [0.1, 0.15) is 0 Å². The van der Waals surface area contributed by atoms with Crippen molar-refractivity contribution in [2.24, 2.45) is 11.8 Å². The van der Waals surface area contributed by atoms with Crippen LogP contribution >= 0.6 is 0 Å². The molecule has 0 bridgehead atoms. The van der Waals surface area contributed by atoms with E-state index in [0.717, 1.165) is 12.8 Å². The number of carbonyl (C=O) groups excluding carboxylic acids is 1. The molecule has 0 heterocycles. The zero-order valence-electron chi connectivity index (χ0n) is 20.5. The molecule has 0 aliphatic rings. The maximum absolute atomic E-state index is 11.8. The molecule has 0 aliphatic carbocycles. The Hall–Kier alpha value is -1.40. The molecule has 0 saturated heterocycles. The van der Waals surface area contributed by atoms with Crippen molar-refractivity contribution in [3.63, 3.8) is 0 Å². The topological polar surface area (TPSA) is 77.8 Å². The van der Waals surface area contributed by atoms with Crippen LogP contribution in [0.4, 0.5) is 0 Å². The lowest BCUT2D eigenvalue weighted by molar-refractivity contribution is -0.139. The van der Waals surface area contributed by atoms with Crippen LogP contribution in [0.1, 0.15) is 81.1 Å². The summed E-state index contributed by atoms with van der Waals surface area (Å²) < 4.78 is 22.3. The highest BCUT2D eigenvalue weighted by molar-refractivity contribution is 5.92. The van der Waals surface area contributed by atoms with Crippen molar-refractivity contribution in [1.29, 1.82) is 5.41 Å². The van der Waals surface area contributed by atoms with Crippen molar-refractivity contribution in [1.82, 2.24) is 0 Å². The van der Waals surface area contributed by atoms with Gasteiger partial charge in [0.25, 0.3) is 0 Å². The Balaban J connectivity index is 4.03. The first kappa shape index (κ1) is 28.6. The Kier molecular flexibility index (Phi) is 13.9. The molecule has 6 heteroatoms. The molecule has 0 rings (SSSR count). The largest absolute Gasteiger partial charge is 0.478 e. The number of hydrogen-bond donors (Lipinski definition) is 1. The summed E-state index contributed by atoms with van der Waals surface area (Å²) in [4.78, 5) is 11.8. The molecule has 1 N–H and O–H groups in total. The maximum Gasteiger partial charge on any atom is 0.330 e. The first-order chi connectivity index (χ1) is 13.8. The molecule has 0 aliphatic heterocycles. The molecule has 0 atom stereocenters. The van der Waals surface area contributed by atoms with E-state index in [4.69, 9.17) is 24.4 Å². The predicted octanol–water partition coefficient (Wildman–Crippen LogP) is 5.54. The normalized spacial score (nSPS) is 12.7. The third-order valence-corrected chi connectivity index (χ3v) is 4.66. The molecule has 0 amide bonds. The smallest absolute Gasteiger partial charge is 0.330 e. The summed E-state index contributed by atoms with van der Waals surface area (Å²) >= 11 is 0. The Morgan fingerprint density at radius 3 is 1.63 bits per heavy atom. The minimum Gasteiger partial charge on any atom is -0.478 e. The average molecular weight is 428 g/mol. The highest BCUT2D eigenvalue weighted by Crippen LogP contribution is 2.17. The zero-order valence-corrected chi connectivity index (χ0v) is 20.5. The second-order valence-electron chi connectivity index (χ2n) is 9.79. The lowest BCUT2D eigenvalue weighted by Crippen LogP contribution is -2.28. The molecule has 176 valence electrons. The molecule has 0 unspecified atom stereocenters. The third kappa shape index (κ3) is 17.5. The highest BCUT2D eigenvalue weighted by atomic mass is 16.5. The first-order valence-corrected chi connectivity index (χ1v) is 11.2. The van der Waals surface area contributed by atoms with Crippen molar-refractivity contribution in [3.05, 3.63) is 12.2 Å². The van der Waals surface area contributed by atoms with Gasteiger partial charge in [-0.1, -0.05) is 27.7 Å². The number of nitrogens with one attached hydrogen (secondary N) is 1. The average Bonchev–Trinajstić information content (AvgIpc) is 2.58. The van der Waals surface area contributed by atoms with Gasteiger partial charge in [0.15, 0.2) is 0 Å². The molecule has 0 spiro atoms. The summed E-state index contributed by atoms with van der Waals surface area (Å²) in [5, 5.41) is 7.79. The Labute approximate surface area is 184 Å². The van der Waals surface area contributed by atoms with E-state index >= 15 is 0 Å². The van der Waals surface area contributed by atoms with Crippen molar-refractivity contribution in [2.75, 3.05) is 26.4 Å². The van der Waals surface area contributed by atoms with Gasteiger partial charge < -0.3 is 18.9 Å². The van der Waals surface area contributed by atoms with Gasteiger partial charge in [0, 0.05) is 38.2 Å². The Morgan fingerprint density at radius 2 is 1.20 bits per heavy atom. The standard InChI is InChI=1S/C24H45NO5/c1-19(2)11-15-29-23(5,6)13-17-27-21(25)9-10-22(26)28-18-14-24(7,8)30-16-12-20(3)4/h9-10,19-20,25H,11-18H2,1-8H3/b10-9+,25-21?. The quantitative estimate of drug-likeness (QED) is 0.151. The molecule has 30 heavy (non-hydrogen) atoms. The van der Waals surface area contributed by atoms with Crippen molar-refractivity contribution < 1.29 is 23.7 Å². The van der Waals surface area contributed by atoms with E-state index in [1.807, 2.05) is 27.7 Å². The fourth-order valence-corrected chi connectivity index (χ4v) is 2.33. The van der Waals surface area contributed by atoms with Gasteiger partial charge in [-0.15, -0.1) is 0 Å². The van der Waals surface area contributed by atoms with E-state index in [1.165, 1.54) is 12.2 Å². The fraction of sp³-hybridized carbons (Fsp3) is 0.833. The number of rotatable bonds is 16. The lowest BCUT2D eigenvalue weighted by atomic mass is 10.1. The lowest BCUT2D eigenvalue weighted by Gasteiger charge is -2.25. The summed E-state index contributed by atoms with van der Waals surface area (Å²) in [5.41, 5.74) is -0.638. The second kappa shape index (κ2) is 14.6. The number of ether oxygens (including phenoxy) is 4. The molecular formula is C24H45NO5. The van der Waals surface area contributed by atoms with Gasteiger partial charge in [-0.25, -0.2) is 4.79 Å². The van der Waals surface area contributed by atoms with Gasteiger partial charge in [0.2, 0.25) is 5.90 Å². The van der Waals surface area contributed by atoms with Crippen LogP contribution in [0.2, 0.25) is 0 Å². The van der Waals surface area contributed by atoms with Gasteiger partial charge in [-0.3, -0.25) is 5.41 Å². The summed E-state index contributed by atoms with van der Waals surface area (Å²) in [6.07, 6.45) is 5.85. The van der Waals surface area contributed by atoms with Crippen molar-refractivity contribution in [2.45, 2.75) is 92.3 Å². The Bertz CT molecular complexity index is 478. The number of hydrogen-bond acceptors (Lipinski definition) is 6. The molecule has 0 aromatic rings. The summed E-state index contributed by atoms with van der Waals surface area (Å²) in [6.45, 7) is 18.7. The fourth-order valence-electron chi connectivity index (χ4n) is 2.33. The van der Waals surface area contributed by atoms with E-state index in [2.05, 4.69) is 27.7 Å². The second-order valence-corrected chi connectivity index (χ2v) is 9.79. The highest BCUT2D eigenvalue weighted by Gasteiger charge is 2.20. The Morgan fingerprint density at radius 1 is 0.767 bits per heavy atom. The van der Waals surface area contributed by atoms with Crippen LogP contribution in [0.15, 0.2) is 12.2 Å². The van der Waals surface area contributed by atoms with Crippen LogP contribution in [0.3, 0.4) is 0 Å². The molecule has 6 nitrogen and oxygen atoms in total. The molecule has 0 aromatic heterocycles. The van der Waals surface area contributed by atoms with E-state index < -0.39 is 5.97 Å². The summed E-state index contributed by atoms with van der Waals surface area (Å²) in [6, 6.07) is 0. The number of carbonyl (C=O) groups is 1. The van der Waals surface area contributed by atoms with E-state index in [9.17, 15) is 4.79 Å². The van der Waals surface area contributed by atoms with Gasteiger partial charge >= 0.3 is 5.97 Å². The third-order valence-electron chi connectivity index (χ3n) is 4.66. The monoisotopic (exact) mass is 427 g/mol. The number of esters is 1. The SMILES string of the molecule is CC(C)CCOC(C)(C)CCOC(=N)/C=C/C(=O)OCCC(C)(C)OCCC(C)C. The first-order valence-electron chi connectivity index (χ1n) is 11.2. The van der Waals surface area contributed by atoms with Crippen LogP contribution in [-0.4, -0.2) is 49.5 Å². The zero-order chi connectivity index (χ0) is 23.2. The molecule has 0 radical (unpaired) electrons. The van der Waals surface area contributed by atoms with Crippen molar-refractivity contribution >= 4 is 11.9 Å². The van der Waals surface area contributed by atoms with Gasteiger partial charge in [0.05, 0.1) is 24.4 Å². The molecule has 0 saturated carbocycles. The predicted molar refractivity (Wildman–Crippen MR) is 122 cm³/mol. The summed E-state index contributed by atoms with van der Waals surface area (Å²) in [5.74, 6) is 0.657. The van der Waals surface area contributed by atoms with E-state index in [1.54, 1.807) is 0 Å².